The third-order valence-electron chi connectivity index (χ3n) is 7.55. The summed E-state index contributed by atoms with van der Waals surface area (Å²) in [6, 6.07) is 12.9. The van der Waals surface area contributed by atoms with Crippen molar-refractivity contribution in [3.05, 3.63) is 77.9 Å². The molecule has 11 nitrogen and oxygen atoms in total. The molecule has 3 N–H and O–H groups in total. The number of methoxy groups -OCH3 is 1. The maximum atomic E-state index is 13.7. The standard InChI is InChI=1S/C31H35F3N4O7S/c1-19-16-38(20(2)18-39)29(40)26-15-23(36-46(42,43)25-12-10-24(44-4)11-13-25)9-14-27(26)45-28(19)17-37(3)30(41)35-22-7-5-21(6-8-22)31(32,33)34/h5-15,19-20,28,36,39H,16-18H2,1-4H3,(H,35,41)/t19-,20-,28+/m1/s1. The second kappa shape index (κ2) is 13.9. The second-order valence-corrected chi connectivity index (χ2v) is 12.7. The number of fused-ring (bicyclic) bond motifs is 1. The van der Waals surface area contributed by atoms with Gasteiger partial charge in [-0.3, -0.25) is 9.52 Å². The number of aliphatic hydroxyl groups is 1. The number of carbonyl (C=O) groups is 2. The van der Waals surface area contributed by atoms with Gasteiger partial charge in [-0.2, -0.15) is 13.2 Å². The summed E-state index contributed by atoms with van der Waals surface area (Å²) in [6.45, 7) is 3.31. The van der Waals surface area contributed by atoms with E-state index in [0.717, 1.165) is 24.3 Å². The Labute approximate surface area is 265 Å². The zero-order chi connectivity index (χ0) is 33.8. The lowest BCUT2D eigenvalue weighted by Gasteiger charge is -2.38. The molecule has 0 spiro atoms. The van der Waals surface area contributed by atoms with E-state index in [4.69, 9.17) is 9.47 Å². The number of likely N-dealkylation sites (N-methyl/N-ethyl adjacent to an activating group) is 1. The fourth-order valence-electron chi connectivity index (χ4n) is 4.79. The van der Waals surface area contributed by atoms with E-state index in [1.165, 1.54) is 66.4 Å². The number of carbonyl (C=O) groups excluding carboxylic acids is 2. The molecule has 46 heavy (non-hydrogen) atoms. The number of urea groups is 1. The number of hydrogen-bond acceptors (Lipinski definition) is 7. The molecule has 15 heteroatoms. The highest BCUT2D eigenvalue weighted by Crippen LogP contribution is 2.32. The van der Waals surface area contributed by atoms with E-state index in [-0.39, 0.29) is 53.2 Å². The van der Waals surface area contributed by atoms with E-state index in [9.17, 15) is 36.3 Å². The molecule has 0 bridgehead atoms. The highest BCUT2D eigenvalue weighted by Gasteiger charge is 2.35. The zero-order valence-electron chi connectivity index (χ0n) is 25.5. The van der Waals surface area contributed by atoms with Gasteiger partial charge in [-0.05, 0) is 73.7 Å². The Morgan fingerprint density at radius 2 is 1.74 bits per heavy atom. The van der Waals surface area contributed by atoms with E-state index in [0.29, 0.717) is 5.75 Å². The van der Waals surface area contributed by atoms with Crippen molar-refractivity contribution in [3.8, 4) is 11.5 Å². The number of hydrogen-bond donors (Lipinski definition) is 3. The molecule has 0 saturated heterocycles. The predicted octanol–water partition coefficient (Wildman–Crippen LogP) is 4.90. The van der Waals surface area contributed by atoms with Crippen molar-refractivity contribution >= 4 is 33.3 Å². The summed E-state index contributed by atoms with van der Waals surface area (Å²) in [5.74, 6) is -0.213. The molecule has 4 rings (SSSR count). The molecular weight excluding hydrogens is 629 g/mol. The number of aliphatic hydroxyl groups excluding tert-OH is 1. The number of anilines is 2. The highest BCUT2D eigenvalue weighted by atomic mass is 32.2. The molecular formula is C31H35F3N4O7S. The van der Waals surface area contributed by atoms with Crippen LogP contribution in [0.1, 0.15) is 29.8 Å². The monoisotopic (exact) mass is 664 g/mol. The largest absolute Gasteiger partial charge is 0.497 e. The number of nitrogens with one attached hydrogen (secondary N) is 2. The van der Waals surface area contributed by atoms with Gasteiger partial charge in [0.05, 0.1) is 42.3 Å². The van der Waals surface area contributed by atoms with Crippen LogP contribution in [0.25, 0.3) is 0 Å². The minimum absolute atomic E-state index is 0.0223. The number of nitrogens with zero attached hydrogens (tertiary/aromatic N) is 2. The normalized spacial score (nSPS) is 17.6. The van der Waals surface area contributed by atoms with Gasteiger partial charge >= 0.3 is 12.2 Å². The van der Waals surface area contributed by atoms with Crippen LogP contribution in [0, 0.1) is 5.92 Å². The fourth-order valence-corrected chi connectivity index (χ4v) is 5.84. The summed E-state index contributed by atoms with van der Waals surface area (Å²) >= 11 is 0. The molecule has 1 heterocycles. The van der Waals surface area contributed by atoms with Crippen molar-refractivity contribution in [1.29, 1.82) is 0 Å². The van der Waals surface area contributed by atoms with Crippen molar-refractivity contribution in [3.63, 3.8) is 0 Å². The van der Waals surface area contributed by atoms with Crippen LogP contribution < -0.4 is 19.5 Å². The molecule has 3 aromatic rings. The first-order chi connectivity index (χ1) is 21.6. The van der Waals surface area contributed by atoms with E-state index in [1.54, 1.807) is 6.92 Å². The van der Waals surface area contributed by atoms with E-state index in [2.05, 4.69) is 10.0 Å². The number of benzene rings is 3. The molecule has 0 radical (unpaired) electrons. The molecule has 3 aromatic carbocycles. The number of amides is 3. The van der Waals surface area contributed by atoms with Crippen LogP contribution in [0.3, 0.4) is 0 Å². The summed E-state index contributed by atoms with van der Waals surface area (Å²) in [4.78, 5) is 29.4. The lowest BCUT2D eigenvalue weighted by atomic mass is 9.99. The topological polar surface area (TPSA) is 138 Å². The van der Waals surface area contributed by atoms with E-state index >= 15 is 0 Å². The second-order valence-electron chi connectivity index (χ2n) is 11.0. The van der Waals surface area contributed by atoms with Gasteiger partial charge in [0.2, 0.25) is 0 Å². The van der Waals surface area contributed by atoms with Crippen LogP contribution in [0.5, 0.6) is 11.5 Å². The van der Waals surface area contributed by atoms with Gasteiger partial charge in [-0.1, -0.05) is 6.92 Å². The molecule has 0 aliphatic carbocycles. The number of sulfonamides is 1. The van der Waals surface area contributed by atoms with E-state index in [1.807, 2.05) is 6.92 Å². The predicted molar refractivity (Wildman–Crippen MR) is 165 cm³/mol. The number of rotatable bonds is 9. The van der Waals surface area contributed by atoms with Gasteiger partial charge in [0, 0.05) is 30.9 Å². The smallest absolute Gasteiger partial charge is 0.416 e. The van der Waals surface area contributed by atoms with Crippen molar-refractivity contribution in [1.82, 2.24) is 9.80 Å². The highest BCUT2D eigenvalue weighted by molar-refractivity contribution is 7.92. The van der Waals surface area contributed by atoms with Crippen molar-refractivity contribution in [2.75, 3.05) is 43.9 Å². The summed E-state index contributed by atoms with van der Waals surface area (Å²) < 4.78 is 78.6. The Bertz CT molecular complexity index is 1650. The lowest BCUT2D eigenvalue weighted by Crippen LogP contribution is -2.50. The molecule has 3 atom stereocenters. The maximum Gasteiger partial charge on any atom is 0.416 e. The van der Waals surface area contributed by atoms with Crippen LogP contribution in [-0.4, -0.2) is 81.3 Å². The summed E-state index contributed by atoms with van der Waals surface area (Å²) in [6.07, 6.45) is -5.18. The van der Waals surface area contributed by atoms with E-state index < -0.39 is 45.8 Å². The molecule has 248 valence electrons. The Balaban J connectivity index is 1.57. The molecule has 1 aliphatic rings. The molecule has 0 saturated carbocycles. The maximum absolute atomic E-state index is 13.7. The number of alkyl halides is 3. The van der Waals surface area contributed by atoms with Crippen LogP contribution in [0.2, 0.25) is 0 Å². The average molecular weight is 665 g/mol. The Kier molecular flexibility index (Phi) is 10.4. The van der Waals surface area contributed by atoms with Crippen molar-refractivity contribution < 1.29 is 45.8 Å². The van der Waals surface area contributed by atoms with Crippen molar-refractivity contribution in [2.24, 2.45) is 5.92 Å². The van der Waals surface area contributed by atoms with Gasteiger partial charge in [0.25, 0.3) is 15.9 Å². The van der Waals surface area contributed by atoms with Gasteiger partial charge < -0.3 is 29.7 Å². The minimum Gasteiger partial charge on any atom is -0.497 e. The Hall–Kier alpha value is -4.50. The molecule has 0 fully saturated rings. The molecule has 3 amide bonds. The van der Waals surface area contributed by atoms with Crippen LogP contribution in [0.15, 0.2) is 71.6 Å². The fraction of sp³-hybridized carbons (Fsp3) is 0.355. The zero-order valence-corrected chi connectivity index (χ0v) is 26.4. The molecule has 0 aromatic heterocycles. The van der Waals surface area contributed by atoms with Crippen molar-refractivity contribution in [2.45, 2.75) is 37.1 Å². The first-order valence-corrected chi connectivity index (χ1v) is 15.7. The molecule has 0 unspecified atom stereocenters. The minimum atomic E-state index is -4.51. The first kappa shape index (κ1) is 34.4. The van der Waals surface area contributed by atoms with Crippen LogP contribution in [-0.2, 0) is 16.2 Å². The summed E-state index contributed by atoms with van der Waals surface area (Å²) in [7, 11) is -1.08. The quantitative estimate of drug-likeness (QED) is 0.296. The van der Waals surface area contributed by atoms with Crippen LogP contribution >= 0.6 is 0 Å². The summed E-state index contributed by atoms with van der Waals surface area (Å²) in [5, 5.41) is 12.5. The summed E-state index contributed by atoms with van der Waals surface area (Å²) in [5.41, 5.74) is -0.535. The van der Waals surface area contributed by atoms with Crippen LogP contribution in [0.4, 0.5) is 29.3 Å². The Morgan fingerprint density at radius 3 is 2.33 bits per heavy atom. The SMILES string of the molecule is COc1ccc(S(=O)(=O)Nc2ccc3c(c2)C(=O)N([C@H](C)CO)C[C@@H](C)[C@H](CN(C)C(=O)Nc2ccc(C(F)(F)F)cc2)O3)cc1. The molecule has 1 aliphatic heterocycles. The van der Waals surface area contributed by atoms with Gasteiger partial charge in [-0.15, -0.1) is 0 Å². The third kappa shape index (κ3) is 8.01. The van der Waals surface area contributed by atoms with Gasteiger partial charge in [-0.25, -0.2) is 13.2 Å². The van der Waals surface area contributed by atoms with Gasteiger partial charge in [0.15, 0.2) is 0 Å². The lowest BCUT2D eigenvalue weighted by molar-refractivity contribution is -0.137. The third-order valence-corrected chi connectivity index (χ3v) is 8.95. The van der Waals surface area contributed by atoms with Gasteiger partial charge in [0.1, 0.15) is 17.6 Å². The number of ether oxygens (including phenoxy) is 2. The number of halogens is 3. The average Bonchev–Trinajstić information content (AvgIpc) is 3.02. The Morgan fingerprint density at radius 1 is 1.11 bits per heavy atom. The first-order valence-electron chi connectivity index (χ1n) is 14.2.